The maximum absolute atomic E-state index is 11.7. The van der Waals surface area contributed by atoms with Crippen molar-refractivity contribution in [3.63, 3.8) is 0 Å². The minimum Gasteiger partial charge on any atom is -0.481 e. The molecular weight excluding hydrogens is 272 g/mol. The fourth-order valence-corrected chi connectivity index (χ4v) is 2.27. The van der Waals surface area contributed by atoms with Crippen LogP contribution >= 0.6 is 0 Å². The van der Waals surface area contributed by atoms with E-state index in [2.05, 4.69) is 10.6 Å². The van der Waals surface area contributed by atoms with E-state index in [1.807, 2.05) is 6.07 Å². The number of carboxylic acid groups (broad SMARTS) is 1. The number of hydrogen-bond acceptors (Lipinski definition) is 3. The Hall–Kier alpha value is -2.08. The SMILES string of the molecule is O=C(NCC1CCOC1)NCC(C(=O)O)c1ccccc1. The van der Waals surface area contributed by atoms with E-state index < -0.39 is 11.9 Å². The van der Waals surface area contributed by atoms with Crippen molar-refractivity contribution in [3.8, 4) is 0 Å². The van der Waals surface area contributed by atoms with Crippen LogP contribution in [0.4, 0.5) is 4.79 Å². The normalized spacial score (nSPS) is 19.0. The molecule has 0 aliphatic carbocycles. The molecule has 1 heterocycles. The van der Waals surface area contributed by atoms with Crippen LogP contribution in [-0.4, -0.2) is 43.4 Å². The zero-order valence-corrected chi connectivity index (χ0v) is 11.7. The minimum atomic E-state index is -0.953. The summed E-state index contributed by atoms with van der Waals surface area (Å²) in [6.45, 7) is 2.02. The van der Waals surface area contributed by atoms with Crippen molar-refractivity contribution in [2.45, 2.75) is 12.3 Å². The Morgan fingerprint density at radius 2 is 2.05 bits per heavy atom. The summed E-state index contributed by atoms with van der Waals surface area (Å²) < 4.78 is 5.23. The molecule has 0 radical (unpaired) electrons. The average molecular weight is 292 g/mol. The molecule has 6 nitrogen and oxygen atoms in total. The van der Waals surface area contributed by atoms with Crippen LogP contribution in [0.1, 0.15) is 17.9 Å². The van der Waals surface area contributed by atoms with Crippen molar-refractivity contribution in [3.05, 3.63) is 35.9 Å². The lowest BCUT2D eigenvalue weighted by molar-refractivity contribution is -0.138. The van der Waals surface area contributed by atoms with Gasteiger partial charge in [-0.3, -0.25) is 4.79 Å². The highest BCUT2D eigenvalue weighted by Gasteiger charge is 2.21. The highest BCUT2D eigenvalue weighted by molar-refractivity contribution is 5.79. The van der Waals surface area contributed by atoms with Gasteiger partial charge in [0.05, 0.1) is 12.5 Å². The number of rotatable bonds is 6. The van der Waals surface area contributed by atoms with E-state index in [0.29, 0.717) is 24.6 Å². The van der Waals surface area contributed by atoms with Gasteiger partial charge in [0, 0.05) is 25.6 Å². The molecule has 0 spiro atoms. The molecule has 21 heavy (non-hydrogen) atoms. The summed E-state index contributed by atoms with van der Waals surface area (Å²) in [5.41, 5.74) is 0.675. The van der Waals surface area contributed by atoms with Gasteiger partial charge in [-0.05, 0) is 12.0 Å². The van der Waals surface area contributed by atoms with Crippen molar-refractivity contribution in [1.82, 2.24) is 10.6 Å². The topological polar surface area (TPSA) is 87.7 Å². The second-order valence-electron chi connectivity index (χ2n) is 5.12. The minimum absolute atomic E-state index is 0.0619. The molecule has 0 saturated carbocycles. The van der Waals surface area contributed by atoms with Gasteiger partial charge in [0.1, 0.15) is 0 Å². The fourth-order valence-electron chi connectivity index (χ4n) is 2.27. The Morgan fingerprint density at radius 3 is 2.67 bits per heavy atom. The molecular formula is C15H20N2O4. The number of aliphatic carboxylic acids is 1. The summed E-state index contributed by atoms with van der Waals surface area (Å²) in [6.07, 6.45) is 0.946. The summed E-state index contributed by atoms with van der Waals surface area (Å²) in [4.78, 5) is 23.0. The molecule has 6 heteroatoms. The predicted octanol–water partition coefficient (Wildman–Crippen LogP) is 1.19. The quantitative estimate of drug-likeness (QED) is 0.735. The molecule has 114 valence electrons. The highest BCUT2D eigenvalue weighted by atomic mass is 16.5. The van der Waals surface area contributed by atoms with E-state index in [1.54, 1.807) is 24.3 Å². The van der Waals surface area contributed by atoms with Gasteiger partial charge in [-0.15, -0.1) is 0 Å². The van der Waals surface area contributed by atoms with Crippen LogP contribution in [0.3, 0.4) is 0 Å². The zero-order valence-electron chi connectivity index (χ0n) is 11.7. The lowest BCUT2D eigenvalue weighted by Crippen LogP contribution is -2.41. The summed E-state index contributed by atoms with van der Waals surface area (Å²) in [5.74, 6) is -1.35. The van der Waals surface area contributed by atoms with E-state index in [-0.39, 0.29) is 12.6 Å². The van der Waals surface area contributed by atoms with E-state index in [0.717, 1.165) is 13.0 Å². The van der Waals surface area contributed by atoms with E-state index in [1.165, 1.54) is 0 Å². The molecule has 3 N–H and O–H groups in total. The maximum Gasteiger partial charge on any atom is 0.314 e. The summed E-state index contributed by atoms with van der Waals surface area (Å²) in [6, 6.07) is 8.54. The third-order valence-electron chi connectivity index (χ3n) is 3.54. The first-order valence-electron chi connectivity index (χ1n) is 7.04. The standard InChI is InChI=1S/C15H20N2O4/c18-14(19)13(12-4-2-1-3-5-12)9-17-15(20)16-8-11-6-7-21-10-11/h1-5,11,13H,6-10H2,(H,18,19)(H2,16,17,20). The van der Waals surface area contributed by atoms with Crippen molar-refractivity contribution in [1.29, 1.82) is 0 Å². The molecule has 1 saturated heterocycles. The monoisotopic (exact) mass is 292 g/mol. The second kappa shape index (κ2) is 7.64. The van der Waals surface area contributed by atoms with Crippen molar-refractivity contribution in [2.75, 3.05) is 26.3 Å². The van der Waals surface area contributed by atoms with Gasteiger partial charge < -0.3 is 20.5 Å². The average Bonchev–Trinajstić information content (AvgIpc) is 2.99. The molecule has 0 aromatic heterocycles. The third kappa shape index (κ3) is 4.75. The van der Waals surface area contributed by atoms with Gasteiger partial charge in [-0.1, -0.05) is 30.3 Å². The number of hydrogen-bond donors (Lipinski definition) is 3. The van der Waals surface area contributed by atoms with Gasteiger partial charge in [0.25, 0.3) is 0 Å². The number of carboxylic acids is 1. The maximum atomic E-state index is 11.7. The number of urea groups is 1. The molecule has 1 aromatic rings. The van der Waals surface area contributed by atoms with Gasteiger partial charge in [0.15, 0.2) is 0 Å². The van der Waals surface area contributed by atoms with E-state index in [9.17, 15) is 14.7 Å². The third-order valence-corrected chi connectivity index (χ3v) is 3.54. The number of carbonyl (C=O) groups is 2. The first kappa shape index (κ1) is 15.3. The smallest absolute Gasteiger partial charge is 0.314 e. The van der Waals surface area contributed by atoms with Crippen molar-refractivity contribution < 1.29 is 19.4 Å². The molecule has 2 amide bonds. The Morgan fingerprint density at radius 1 is 1.29 bits per heavy atom. The number of benzene rings is 1. The fraction of sp³-hybridized carbons (Fsp3) is 0.467. The lowest BCUT2D eigenvalue weighted by Gasteiger charge is -2.15. The Labute approximate surface area is 123 Å². The van der Waals surface area contributed by atoms with E-state index >= 15 is 0 Å². The van der Waals surface area contributed by atoms with Crippen LogP contribution in [-0.2, 0) is 9.53 Å². The Kier molecular flexibility index (Phi) is 5.57. The lowest BCUT2D eigenvalue weighted by atomic mass is 9.99. The summed E-state index contributed by atoms with van der Waals surface area (Å²) >= 11 is 0. The van der Waals surface area contributed by atoms with Crippen LogP contribution in [0.5, 0.6) is 0 Å². The van der Waals surface area contributed by atoms with Crippen LogP contribution < -0.4 is 10.6 Å². The van der Waals surface area contributed by atoms with Gasteiger partial charge in [-0.2, -0.15) is 0 Å². The number of nitrogens with one attached hydrogen (secondary N) is 2. The number of amides is 2. The van der Waals surface area contributed by atoms with Gasteiger partial charge in [0.2, 0.25) is 0 Å². The molecule has 1 aliphatic heterocycles. The molecule has 1 fully saturated rings. The predicted molar refractivity (Wildman–Crippen MR) is 77.1 cm³/mol. The second-order valence-corrected chi connectivity index (χ2v) is 5.12. The molecule has 2 atom stereocenters. The van der Waals surface area contributed by atoms with Crippen LogP contribution in [0, 0.1) is 5.92 Å². The zero-order chi connectivity index (χ0) is 15.1. The van der Waals surface area contributed by atoms with Crippen molar-refractivity contribution >= 4 is 12.0 Å². The first-order chi connectivity index (χ1) is 10.2. The first-order valence-corrected chi connectivity index (χ1v) is 7.04. The van der Waals surface area contributed by atoms with Gasteiger partial charge >= 0.3 is 12.0 Å². The van der Waals surface area contributed by atoms with Crippen LogP contribution in [0.15, 0.2) is 30.3 Å². The number of ether oxygens (including phenoxy) is 1. The number of carbonyl (C=O) groups excluding carboxylic acids is 1. The molecule has 0 bridgehead atoms. The van der Waals surface area contributed by atoms with Gasteiger partial charge in [-0.25, -0.2) is 4.79 Å². The van der Waals surface area contributed by atoms with Crippen LogP contribution in [0.25, 0.3) is 0 Å². The summed E-state index contributed by atoms with van der Waals surface area (Å²) in [7, 11) is 0. The molecule has 1 aromatic carbocycles. The molecule has 2 rings (SSSR count). The van der Waals surface area contributed by atoms with Crippen molar-refractivity contribution in [2.24, 2.45) is 5.92 Å². The van der Waals surface area contributed by atoms with E-state index in [4.69, 9.17) is 4.74 Å². The Balaban J connectivity index is 1.78. The largest absolute Gasteiger partial charge is 0.481 e. The Bertz CT molecular complexity index is 472. The van der Waals surface area contributed by atoms with Crippen LogP contribution in [0.2, 0.25) is 0 Å². The molecule has 2 unspecified atom stereocenters. The highest BCUT2D eigenvalue weighted by Crippen LogP contribution is 2.14. The molecule has 1 aliphatic rings. The summed E-state index contributed by atoms with van der Waals surface area (Å²) in [5, 5.41) is 14.6.